The smallest absolute Gasteiger partial charge is 0.229 e. The second-order valence-corrected chi connectivity index (χ2v) is 8.58. The fourth-order valence-electron chi connectivity index (χ4n) is 4.31. The molecule has 5 rings (SSSR count). The first-order chi connectivity index (χ1) is 14.1. The number of hydrogen-bond donors (Lipinski definition) is 0. The number of carbonyl (C=O) groups is 1. The van der Waals surface area contributed by atoms with Gasteiger partial charge < -0.3 is 18.7 Å². The van der Waals surface area contributed by atoms with Crippen molar-refractivity contribution in [1.29, 1.82) is 0 Å². The van der Waals surface area contributed by atoms with E-state index in [9.17, 15) is 4.79 Å². The molecule has 2 aromatic rings. The minimum atomic E-state index is -0.284. The molecule has 2 aromatic heterocycles. The Morgan fingerprint density at radius 1 is 1.24 bits per heavy atom. The normalized spacial score (nSPS) is 22.9. The SMILES string of the molecule is Cn1ccnc1CN1CCC2(CC1)CN(Cc1noc(C3CC3)n1)C(=O)CCO2. The van der Waals surface area contributed by atoms with Crippen LogP contribution in [0.4, 0.5) is 0 Å². The highest BCUT2D eigenvalue weighted by Gasteiger charge is 2.41. The van der Waals surface area contributed by atoms with Crippen molar-refractivity contribution in [2.75, 3.05) is 26.2 Å². The second-order valence-electron chi connectivity index (χ2n) is 8.58. The molecule has 2 saturated heterocycles. The van der Waals surface area contributed by atoms with Gasteiger partial charge in [0.2, 0.25) is 11.8 Å². The van der Waals surface area contributed by atoms with E-state index in [4.69, 9.17) is 9.26 Å². The predicted molar refractivity (Wildman–Crippen MR) is 103 cm³/mol. The number of piperidine rings is 1. The number of carbonyl (C=O) groups excluding carboxylic acids is 1. The summed E-state index contributed by atoms with van der Waals surface area (Å²) in [7, 11) is 2.03. The first-order valence-electron chi connectivity index (χ1n) is 10.5. The van der Waals surface area contributed by atoms with Gasteiger partial charge in [-0.15, -0.1) is 0 Å². The first-order valence-corrected chi connectivity index (χ1v) is 10.5. The first kappa shape index (κ1) is 18.7. The highest BCUT2D eigenvalue weighted by atomic mass is 16.5. The molecule has 1 aliphatic carbocycles. The third-order valence-corrected chi connectivity index (χ3v) is 6.35. The molecule has 4 heterocycles. The Balaban J connectivity index is 1.22. The van der Waals surface area contributed by atoms with E-state index in [2.05, 4.69) is 24.6 Å². The molecule has 0 N–H and O–H groups in total. The third-order valence-electron chi connectivity index (χ3n) is 6.35. The summed E-state index contributed by atoms with van der Waals surface area (Å²) in [5.74, 6) is 2.92. The molecule has 0 radical (unpaired) electrons. The molecule has 1 spiro atoms. The molecule has 0 aromatic carbocycles. The molecule has 2 aliphatic heterocycles. The van der Waals surface area contributed by atoms with Crippen molar-refractivity contribution in [3.63, 3.8) is 0 Å². The lowest BCUT2D eigenvalue weighted by Gasteiger charge is -2.42. The van der Waals surface area contributed by atoms with Crippen LogP contribution in [0.25, 0.3) is 0 Å². The quantitative estimate of drug-likeness (QED) is 0.751. The Bertz CT molecular complexity index is 865. The molecule has 3 fully saturated rings. The van der Waals surface area contributed by atoms with Crippen molar-refractivity contribution in [3.8, 4) is 0 Å². The maximum Gasteiger partial charge on any atom is 0.229 e. The zero-order valence-electron chi connectivity index (χ0n) is 16.9. The van der Waals surface area contributed by atoms with Gasteiger partial charge in [-0.25, -0.2) is 4.98 Å². The van der Waals surface area contributed by atoms with E-state index in [1.807, 2.05) is 24.3 Å². The number of ether oxygens (including phenoxy) is 1. The summed E-state index contributed by atoms with van der Waals surface area (Å²) in [6.07, 6.45) is 8.27. The van der Waals surface area contributed by atoms with Crippen molar-refractivity contribution in [3.05, 3.63) is 29.9 Å². The Labute approximate surface area is 170 Å². The average molecular weight is 400 g/mol. The standard InChI is InChI=1S/C20H28N6O3/c1-24-10-7-21-17(24)13-25-8-5-20(6-9-25)14-26(18(27)4-11-28-20)12-16-22-19(29-23-16)15-2-3-15/h7,10,15H,2-6,8-9,11-14H2,1H3. The molecular weight excluding hydrogens is 372 g/mol. The Morgan fingerprint density at radius 3 is 2.79 bits per heavy atom. The van der Waals surface area contributed by atoms with Gasteiger partial charge >= 0.3 is 0 Å². The van der Waals surface area contributed by atoms with E-state index in [0.29, 0.717) is 37.9 Å². The second kappa shape index (κ2) is 7.53. The lowest BCUT2D eigenvalue weighted by Crippen LogP contribution is -2.51. The van der Waals surface area contributed by atoms with Crippen LogP contribution in [0.3, 0.4) is 0 Å². The topological polar surface area (TPSA) is 89.5 Å². The summed E-state index contributed by atoms with van der Waals surface area (Å²) in [5, 5.41) is 4.09. The predicted octanol–water partition coefficient (Wildman–Crippen LogP) is 1.46. The summed E-state index contributed by atoms with van der Waals surface area (Å²) >= 11 is 0. The van der Waals surface area contributed by atoms with Gasteiger partial charge in [0.1, 0.15) is 5.82 Å². The van der Waals surface area contributed by atoms with Crippen LogP contribution in [0.1, 0.15) is 55.6 Å². The van der Waals surface area contributed by atoms with Crippen LogP contribution in [-0.4, -0.2) is 67.2 Å². The fraction of sp³-hybridized carbons (Fsp3) is 0.700. The lowest BCUT2D eigenvalue weighted by atomic mass is 9.90. The van der Waals surface area contributed by atoms with Crippen molar-refractivity contribution in [2.45, 2.75) is 56.7 Å². The Kier molecular flexibility index (Phi) is 4.87. The summed E-state index contributed by atoms with van der Waals surface area (Å²) in [5.41, 5.74) is -0.284. The minimum absolute atomic E-state index is 0.107. The fourth-order valence-corrected chi connectivity index (χ4v) is 4.31. The highest BCUT2D eigenvalue weighted by Crippen LogP contribution is 2.39. The molecule has 1 amide bonds. The Morgan fingerprint density at radius 2 is 2.07 bits per heavy atom. The molecule has 156 valence electrons. The number of nitrogens with zero attached hydrogens (tertiary/aromatic N) is 6. The molecular formula is C20H28N6O3. The van der Waals surface area contributed by atoms with Gasteiger partial charge in [-0.3, -0.25) is 9.69 Å². The molecule has 9 heteroatoms. The van der Waals surface area contributed by atoms with Crippen LogP contribution in [0, 0.1) is 0 Å². The van der Waals surface area contributed by atoms with Crippen LogP contribution in [-0.2, 0) is 29.7 Å². The van der Waals surface area contributed by atoms with E-state index >= 15 is 0 Å². The van der Waals surface area contributed by atoms with Crippen LogP contribution in [0.2, 0.25) is 0 Å². The van der Waals surface area contributed by atoms with Crippen LogP contribution < -0.4 is 0 Å². The van der Waals surface area contributed by atoms with Gasteiger partial charge in [-0.05, 0) is 25.7 Å². The monoisotopic (exact) mass is 400 g/mol. The zero-order chi connectivity index (χ0) is 19.8. The van der Waals surface area contributed by atoms with E-state index in [1.165, 1.54) is 0 Å². The van der Waals surface area contributed by atoms with Crippen molar-refractivity contribution in [2.24, 2.45) is 7.05 Å². The highest BCUT2D eigenvalue weighted by molar-refractivity contribution is 5.76. The van der Waals surface area contributed by atoms with Gasteiger partial charge in [0.25, 0.3) is 0 Å². The van der Waals surface area contributed by atoms with Gasteiger partial charge in [-0.1, -0.05) is 5.16 Å². The van der Waals surface area contributed by atoms with E-state index in [1.54, 1.807) is 0 Å². The number of aromatic nitrogens is 4. The maximum atomic E-state index is 12.6. The van der Waals surface area contributed by atoms with Gasteiger partial charge in [0.15, 0.2) is 5.82 Å². The number of amides is 1. The molecule has 29 heavy (non-hydrogen) atoms. The lowest BCUT2D eigenvalue weighted by molar-refractivity contribution is -0.132. The number of likely N-dealkylation sites (tertiary alicyclic amines) is 1. The molecule has 0 atom stereocenters. The van der Waals surface area contributed by atoms with E-state index in [0.717, 1.165) is 57.0 Å². The summed E-state index contributed by atoms with van der Waals surface area (Å²) in [6.45, 7) is 4.18. The number of hydrogen-bond acceptors (Lipinski definition) is 7. The molecule has 1 saturated carbocycles. The zero-order valence-corrected chi connectivity index (χ0v) is 16.9. The largest absolute Gasteiger partial charge is 0.373 e. The number of aryl methyl sites for hydroxylation is 1. The third kappa shape index (κ3) is 4.06. The average Bonchev–Trinajstić information content (AvgIpc) is 3.37. The molecule has 0 unspecified atom stereocenters. The van der Waals surface area contributed by atoms with E-state index < -0.39 is 0 Å². The van der Waals surface area contributed by atoms with Crippen LogP contribution in [0.5, 0.6) is 0 Å². The maximum absolute atomic E-state index is 12.6. The summed E-state index contributed by atoms with van der Waals surface area (Å²) < 4.78 is 13.7. The van der Waals surface area contributed by atoms with Gasteiger partial charge in [0, 0.05) is 38.4 Å². The van der Waals surface area contributed by atoms with Crippen molar-refractivity contribution >= 4 is 5.91 Å². The number of rotatable bonds is 5. The molecule has 0 bridgehead atoms. The molecule has 9 nitrogen and oxygen atoms in total. The van der Waals surface area contributed by atoms with Crippen LogP contribution in [0.15, 0.2) is 16.9 Å². The minimum Gasteiger partial charge on any atom is -0.373 e. The molecule has 3 aliphatic rings. The van der Waals surface area contributed by atoms with Crippen molar-refractivity contribution in [1.82, 2.24) is 29.5 Å². The van der Waals surface area contributed by atoms with E-state index in [-0.39, 0.29) is 11.5 Å². The van der Waals surface area contributed by atoms with Gasteiger partial charge in [0.05, 0.1) is 38.3 Å². The summed E-state index contributed by atoms with van der Waals surface area (Å²) in [6, 6.07) is 0. The number of imidazole rings is 1. The summed E-state index contributed by atoms with van der Waals surface area (Å²) in [4.78, 5) is 25.9. The van der Waals surface area contributed by atoms with Crippen molar-refractivity contribution < 1.29 is 14.1 Å². The van der Waals surface area contributed by atoms with Crippen LogP contribution >= 0.6 is 0 Å². The Hall–Kier alpha value is -2.26. The van der Waals surface area contributed by atoms with Gasteiger partial charge in [-0.2, -0.15) is 4.98 Å².